The molecule has 102 valence electrons. The Hall–Kier alpha value is -2.74. The summed E-state index contributed by atoms with van der Waals surface area (Å²) in [4.78, 5) is 38.6. The summed E-state index contributed by atoms with van der Waals surface area (Å²) in [5.41, 5.74) is -0.594. The maximum atomic E-state index is 11.8. The normalized spacial score (nSPS) is 10.1. The number of nitro groups is 1. The number of carbonyl (C=O) groups is 1. The van der Waals surface area contributed by atoms with E-state index < -0.39 is 16.4 Å². The third kappa shape index (κ3) is 2.98. The zero-order chi connectivity index (χ0) is 14.7. The van der Waals surface area contributed by atoms with E-state index in [1.54, 1.807) is 0 Å². The minimum Gasteiger partial charge on any atom is -0.325 e. The first-order chi connectivity index (χ1) is 9.47. The fraction of sp³-hybridized carbons (Fsp3) is 0. The van der Waals surface area contributed by atoms with E-state index in [0.717, 1.165) is 18.5 Å². The molecule has 0 fully saturated rings. The van der Waals surface area contributed by atoms with E-state index in [1.165, 1.54) is 12.1 Å². The molecule has 2 rings (SSSR count). The Labute approximate surface area is 116 Å². The zero-order valence-corrected chi connectivity index (χ0v) is 10.5. The first kappa shape index (κ1) is 13.7. The SMILES string of the molecule is O=C(Nc1ccc(Cl)c([N+](=O)[O-])c1)c1c[nH]c(=O)cn1. The number of rotatable bonds is 3. The second kappa shape index (κ2) is 5.49. The maximum Gasteiger partial charge on any atom is 0.289 e. The summed E-state index contributed by atoms with van der Waals surface area (Å²) >= 11 is 5.66. The molecular weight excluding hydrogens is 288 g/mol. The minimum atomic E-state index is -0.657. The molecule has 0 saturated carbocycles. The Kier molecular flexibility index (Phi) is 3.76. The average Bonchev–Trinajstić information content (AvgIpc) is 2.41. The zero-order valence-electron chi connectivity index (χ0n) is 9.79. The van der Waals surface area contributed by atoms with E-state index in [1.807, 2.05) is 0 Å². The van der Waals surface area contributed by atoms with E-state index in [2.05, 4.69) is 15.3 Å². The third-order valence-corrected chi connectivity index (χ3v) is 2.62. The van der Waals surface area contributed by atoms with Crippen LogP contribution >= 0.6 is 11.6 Å². The van der Waals surface area contributed by atoms with Gasteiger partial charge in [0.05, 0.1) is 11.1 Å². The van der Waals surface area contributed by atoms with Crippen molar-refractivity contribution in [1.29, 1.82) is 0 Å². The van der Waals surface area contributed by atoms with Crippen molar-refractivity contribution in [1.82, 2.24) is 9.97 Å². The highest BCUT2D eigenvalue weighted by atomic mass is 35.5. The molecule has 0 unspecified atom stereocenters. The summed E-state index contributed by atoms with van der Waals surface area (Å²) in [6.45, 7) is 0. The van der Waals surface area contributed by atoms with Gasteiger partial charge < -0.3 is 10.3 Å². The smallest absolute Gasteiger partial charge is 0.289 e. The van der Waals surface area contributed by atoms with E-state index in [-0.39, 0.29) is 22.1 Å². The lowest BCUT2D eigenvalue weighted by Crippen LogP contribution is -2.17. The number of nitrogens with one attached hydrogen (secondary N) is 2. The van der Waals surface area contributed by atoms with Gasteiger partial charge in [0.15, 0.2) is 0 Å². The molecule has 0 radical (unpaired) electrons. The first-order valence-corrected chi connectivity index (χ1v) is 5.65. The lowest BCUT2D eigenvalue weighted by atomic mass is 10.2. The molecule has 2 N–H and O–H groups in total. The van der Waals surface area contributed by atoms with Crippen LogP contribution in [0.4, 0.5) is 11.4 Å². The van der Waals surface area contributed by atoms with Crippen molar-refractivity contribution in [3.8, 4) is 0 Å². The molecule has 20 heavy (non-hydrogen) atoms. The summed E-state index contributed by atoms with van der Waals surface area (Å²) in [6.07, 6.45) is 2.10. The third-order valence-electron chi connectivity index (χ3n) is 2.31. The molecule has 8 nitrogen and oxygen atoms in total. The number of benzene rings is 1. The molecule has 1 amide bonds. The molecule has 0 aliphatic carbocycles. The van der Waals surface area contributed by atoms with Crippen LogP contribution in [-0.4, -0.2) is 20.8 Å². The van der Waals surface area contributed by atoms with E-state index in [4.69, 9.17) is 11.6 Å². The number of nitrogens with zero attached hydrogens (tertiary/aromatic N) is 2. The van der Waals surface area contributed by atoms with E-state index in [9.17, 15) is 19.7 Å². The minimum absolute atomic E-state index is 0.0257. The number of aromatic amines is 1. The fourth-order valence-corrected chi connectivity index (χ4v) is 1.58. The molecule has 2 aromatic rings. The van der Waals surface area contributed by atoms with Crippen molar-refractivity contribution in [3.63, 3.8) is 0 Å². The van der Waals surface area contributed by atoms with Crippen LogP contribution in [0.1, 0.15) is 10.5 Å². The second-order valence-electron chi connectivity index (χ2n) is 3.67. The quantitative estimate of drug-likeness (QED) is 0.658. The second-order valence-corrected chi connectivity index (χ2v) is 4.08. The molecule has 1 heterocycles. The molecule has 9 heteroatoms. The Morgan fingerprint density at radius 1 is 1.45 bits per heavy atom. The highest BCUT2D eigenvalue weighted by Gasteiger charge is 2.15. The Balaban J connectivity index is 2.24. The molecule has 1 aromatic carbocycles. The van der Waals surface area contributed by atoms with Crippen LogP contribution in [0.3, 0.4) is 0 Å². The summed E-state index contributed by atoms with van der Waals surface area (Å²) in [5.74, 6) is -0.613. The molecule has 0 spiro atoms. The number of nitro benzene ring substituents is 1. The maximum absolute atomic E-state index is 11.8. The van der Waals surface area contributed by atoms with Crippen molar-refractivity contribution in [2.24, 2.45) is 0 Å². The number of H-pyrrole nitrogens is 1. The summed E-state index contributed by atoms with van der Waals surface area (Å²) in [5, 5.41) is 13.1. The first-order valence-electron chi connectivity index (χ1n) is 5.27. The number of halogens is 1. The Bertz CT molecular complexity index is 723. The predicted octanol–water partition coefficient (Wildman–Crippen LogP) is 1.58. The van der Waals surface area contributed by atoms with Gasteiger partial charge in [0, 0.05) is 18.0 Å². The highest BCUT2D eigenvalue weighted by molar-refractivity contribution is 6.32. The van der Waals surface area contributed by atoms with Gasteiger partial charge in [-0.3, -0.25) is 19.7 Å². The van der Waals surface area contributed by atoms with Gasteiger partial charge >= 0.3 is 0 Å². The lowest BCUT2D eigenvalue weighted by molar-refractivity contribution is -0.384. The molecule has 0 bridgehead atoms. The number of hydrogen-bond donors (Lipinski definition) is 2. The van der Waals surface area contributed by atoms with Gasteiger partial charge in [-0.25, -0.2) is 4.98 Å². The number of aromatic nitrogens is 2. The Morgan fingerprint density at radius 3 is 2.80 bits per heavy atom. The molecule has 0 aliphatic heterocycles. The highest BCUT2D eigenvalue weighted by Crippen LogP contribution is 2.27. The standard InChI is InChI=1S/C11H7ClN4O4/c12-7-2-1-6(3-9(7)16(19)20)15-11(18)8-4-14-10(17)5-13-8/h1-5H,(H,14,17)(H,15,18). The summed E-state index contributed by atoms with van der Waals surface area (Å²) < 4.78 is 0. The van der Waals surface area contributed by atoms with Crippen LogP contribution < -0.4 is 10.9 Å². The Morgan fingerprint density at radius 2 is 2.20 bits per heavy atom. The lowest BCUT2D eigenvalue weighted by Gasteiger charge is -2.04. The van der Waals surface area contributed by atoms with Crippen molar-refractivity contribution in [3.05, 3.63) is 61.8 Å². The van der Waals surface area contributed by atoms with Gasteiger partial charge in [-0.2, -0.15) is 0 Å². The van der Waals surface area contributed by atoms with Crippen LogP contribution in [-0.2, 0) is 0 Å². The molecule has 0 atom stereocenters. The van der Waals surface area contributed by atoms with Crippen molar-refractivity contribution >= 4 is 28.9 Å². The van der Waals surface area contributed by atoms with Crippen LogP contribution in [0, 0.1) is 10.1 Å². The fourth-order valence-electron chi connectivity index (χ4n) is 1.39. The van der Waals surface area contributed by atoms with Crippen molar-refractivity contribution < 1.29 is 9.72 Å². The number of hydrogen-bond acceptors (Lipinski definition) is 5. The van der Waals surface area contributed by atoms with E-state index >= 15 is 0 Å². The average molecular weight is 295 g/mol. The van der Waals surface area contributed by atoms with Crippen LogP contribution in [0.15, 0.2) is 35.4 Å². The van der Waals surface area contributed by atoms with Crippen LogP contribution in [0.2, 0.25) is 5.02 Å². The van der Waals surface area contributed by atoms with Gasteiger partial charge in [0.1, 0.15) is 10.7 Å². The van der Waals surface area contributed by atoms with Crippen molar-refractivity contribution in [2.75, 3.05) is 5.32 Å². The van der Waals surface area contributed by atoms with Crippen LogP contribution in [0.5, 0.6) is 0 Å². The van der Waals surface area contributed by atoms with Gasteiger partial charge in [-0.1, -0.05) is 11.6 Å². The molecule has 0 aliphatic rings. The predicted molar refractivity (Wildman–Crippen MR) is 70.9 cm³/mol. The number of amides is 1. The number of carbonyl (C=O) groups excluding carboxylic acids is 1. The van der Waals surface area contributed by atoms with Gasteiger partial charge in [-0.15, -0.1) is 0 Å². The van der Waals surface area contributed by atoms with Gasteiger partial charge in [0.25, 0.3) is 17.2 Å². The molecule has 1 aromatic heterocycles. The summed E-state index contributed by atoms with van der Waals surface area (Å²) in [6, 6.07) is 3.85. The molecular formula is C11H7ClN4O4. The van der Waals surface area contributed by atoms with Gasteiger partial charge in [0.2, 0.25) is 0 Å². The number of anilines is 1. The topological polar surface area (TPSA) is 118 Å². The molecule has 0 saturated heterocycles. The monoisotopic (exact) mass is 294 g/mol. The van der Waals surface area contributed by atoms with Crippen molar-refractivity contribution in [2.45, 2.75) is 0 Å². The summed E-state index contributed by atoms with van der Waals surface area (Å²) in [7, 11) is 0. The largest absolute Gasteiger partial charge is 0.325 e. The van der Waals surface area contributed by atoms with E-state index in [0.29, 0.717) is 0 Å². The van der Waals surface area contributed by atoms with Crippen LogP contribution in [0.25, 0.3) is 0 Å². The van der Waals surface area contributed by atoms with Gasteiger partial charge in [-0.05, 0) is 12.1 Å².